The SMILES string of the molecule is CN(C(=O)CC(C)(C)C)C1CNCC1O. The van der Waals surface area contributed by atoms with Gasteiger partial charge in [0.1, 0.15) is 0 Å². The van der Waals surface area contributed by atoms with Crippen LogP contribution in [0.15, 0.2) is 0 Å². The van der Waals surface area contributed by atoms with E-state index in [4.69, 9.17) is 0 Å². The molecule has 1 fully saturated rings. The Morgan fingerprint density at radius 3 is 2.47 bits per heavy atom. The summed E-state index contributed by atoms with van der Waals surface area (Å²) in [6, 6.07) is -0.0696. The standard InChI is InChI=1S/C11H22N2O2/c1-11(2,3)5-10(15)13(4)8-6-12-7-9(8)14/h8-9,12,14H,5-7H2,1-4H3. The van der Waals surface area contributed by atoms with Gasteiger partial charge in [-0.3, -0.25) is 4.79 Å². The first-order valence-corrected chi connectivity index (χ1v) is 5.46. The summed E-state index contributed by atoms with van der Waals surface area (Å²) in [7, 11) is 1.77. The van der Waals surface area contributed by atoms with Crippen molar-refractivity contribution in [3.63, 3.8) is 0 Å². The van der Waals surface area contributed by atoms with E-state index in [-0.39, 0.29) is 17.4 Å². The van der Waals surface area contributed by atoms with Gasteiger partial charge in [-0.15, -0.1) is 0 Å². The summed E-state index contributed by atoms with van der Waals surface area (Å²) in [5, 5.41) is 12.7. The van der Waals surface area contributed by atoms with Gasteiger partial charge < -0.3 is 15.3 Å². The van der Waals surface area contributed by atoms with Gasteiger partial charge in [0.15, 0.2) is 0 Å². The van der Waals surface area contributed by atoms with Crippen LogP contribution in [0.4, 0.5) is 0 Å². The van der Waals surface area contributed by atoms with Gasteiger partial charge in [0.25, 0.3) is 0 Å². The van der Waals surface area contributed by atoms with E-state index in [9.17, 15) is 9.90 Å². The van der Waals surface area contributed by atoms with E-state index in [2.05, 4.69) is 5.32 Å². The lowest BCUT2D eigenvalue weighted by atomic mass is 9.91. The van der Waals surface area contributed by atoms with Crippen molar-refractivity contribution in [3.05, 3.63) is 0 Å². The zero-order chi connectivity index (χ0) is 11.6. The fraction of sp³-hybridized carbons (Fsp3) is 0.909. The van der Waals surface area contributed by atoms with Crippen LogP contribution >= 0.6 is 0 Å². The molecule has 1 saturated heterocycles. The second kappa shape index (κ2) is 4.49. The number of hydrogen-bond donors (Lipinski definition) is 2. The molecule has 0 bridgehead atoms. The number of carbonyl (C=O) groups is 1. The van der Waals surface area contributed by atoms with Crippen LogP contribution in [0.2, 0.25) is 0 Å². The van der Waals surface area contributed by atoms with Crippen LogP contribution in [0.3, 0.4) is 0 Å². The van der Waals surface area contributed by atoms with E-state index in [1.165, 1.54) is 0 Å². The summed E-state index contributed by atoms with van der Waals surface area (Å²) < 4.78 is 0. The molecular formula is C11H22N2O2. The van der Waals surface area contributed by atoms with Crippen molar-refractivity contribution in [1.82, 2.24) is 10.2 Å². The molecule has 1 heterocycles. The van der Waals surface area contributed by atoms with Gasteiger partial charge in [0, 0.05) is 26.6 Å². The number of amides is 1. The second-order valence-electron chi connectivity index (χ2n) is 5.54. The first kappa shape index (κ1) is 12.5. The Morgan fingerprint density at radius 1 is 1.47 bits per heavy atom. The van der Waals surface area contributed by atoms with Crippen LogP contribution in [0.25, 0.3) is 0 Å². The van der Waals surface area contributed by atoms with E-state index in [1.807, 2.05) is 20.8 Å². The Kier molecular flexibility index (Phi) is 3.73. The Bertz CT molecular complexity index is 235. The normalized spacial score (nSPS) is 26.7. The Labute approximate surface area is 91.6 Å². The fourth-order valence-corrected chi connectivity index (χ4v) is 1.81. The van der Waals surface area contributed by atoms with Gasteiger partial charge in [0.2, 0.25) is 5.91 Å². The van der Waals surface area contributed by atoms with Gasteiger partial charge in [-0.25, -0.2) is 0 Å². The van der Waals surface area contributed by atoms with Crippen molar-refractivity contribution < 1.29 is 9.90 Å². The van der Waals surface area contributed by atoms with E-state index >= 15 is 0 Å². The number of carbonyl (C=O) groups excluding carboxylic acids is 1. The molecule has 4 nitrogen and oxygen atoms in total. The predicted octanol–water partition coefficient (Wildman–Crippen LogP) is 0.214. The molecule has 0 aromatic carbocycles. The van der Waals surface area contributed by atoms with Crippen molar-refractivity contribution >= 4 is 5.91 Å². The number of β-amino-alcohol motifs (C(OH)–C–C–N with tert-alkyl or cyclic N) is 1. The number of hydrogen-bond acceptors (Lipinski definition) is 3. The third-order valence-electron chi connectivity index (χ3n) is 2.72. The summed E-state index contributed by atoms with van der Waals surface area (Å²) in [6.45, 7) is 7.40. The monoisotopic (exact) mass is 214 g/mol. The first-order valence-electron chi connectivity index (χ1n) is 5.46. The van der Waals surface area contributed by atoms with E-state index in [0.29, 0.717) is 19.5 Å². The summed E-state index contributed by atoms with van der Waals surface area (Å²) in [4.78, 5) is 13.6. The highest BCUT2D eigenvalue weighted by atomic mass is 16.3. The van der Waals surface area contributed by atoms with Crippen LogP contribution in [0.5, 0.6) is 0 Å². The van der Waals surface area contributed by atoms with Crippen molar-refractivity contribution in [3.8, 4) is 0 Å². The van der Waals surface area contributed by atoms with Crippen LogP contribution < -0.4 is 5.32 Å². The van der Waals surface area contributed by atoms with Crippen LogP contribution in [0.1, 0.15) is 27.2 Å². The van der Waals surface area contributed by atoms with Crippen molar-refractivity contribution in [2.24, 2.45) is 5.41 Å². The molecule has 2 unspecified atom stereocenters. The maximum Gasteiger partial charge on any atom is 0.223 e. The highest BCUT2D eigenvalue weighted by Crippen LogP contribution is 2.21. The minimum absolute atomic E-state index is 0.00231. The van der Waals surface area contributed by atoms with Gasteiger partial charge in [-0.2, -0.15) is 0 Å². The molecule has 0 spiro atoms. The topological polar surface area (TPSA) is 52.6 Å². The van der Waals surface area contributed by atoms with Gasteiger partial charge in [-0.1, -0.05) is 20.8 Å². The molecule has 1 aliphatic heterocycles. The molecule has 0 saturated carbocycles. The minimum atomic E-state index is -0.432. The molecule has 0 aliphatic carbocycles. The Balaban J connectivity index is 2.52. The molecule has 15 heavy (non-hydrogen) atoms. The zero-order valence-electron chi connectivity index (χ0n) is 10.1. The van der Waals surface area contributed by atoms with Crippen LogP contribution in [-0.2, 0) is 4.79 Å². The van der Waals surface area contributed by atoms with Crippen LogP contribution in [0, 0.1) is 5.41 Å². The molecule has 2 N–H and O–H groups in total. The average molecular weight is 214 g/mol. The molecule has 1 aliphatic rings. The number of rotatable bonds is 2. The lowest BCUT2D eigenvalue weighted by Gasteiger charge is -2.29. The molecule has 0 radical (unpaired) electrons. The molecule has 0 aromatic heterocycles. The third kappa shape index (κ3) is 3.47. The highest BCUT2D eigenvalue weighted by Gasteiger charge is 2.32. The minimum Gasteiger partial charge on any atom is -0.390 e. The van der Waals surface area contributed by atoms with Gasteiger partial charge in [0.05, 0.1) is 12.1 Å². The number of nitrogens with one attached hydrogen (secondary N) is 1. The lowest BCUT2D eigenvalue weighted by Crippen LogP contribution is -2.45. The number of likely N-dealkylation sites (N-methyl/N-ethyl adjacent to an activating group) is 1. The summed E-state index contributed by atoms with van der Waals surface area (Å²) in [5.74, 6) is 0.107. The maximum atomic E-state index is 11.9. The third-order valence-corrected chi connectivity index (χ3v) is 2.72. The molecule has 0 aromatic rings. The van der Waals surface area contributed by atoms with E-state index in [0.717, 1.165) is 0 Å². The number of aliphatic hydroxyl groups is 1. The quantitative estimate of drug-likeness (QED) is 0.691. The highest BCUT2D eigenvalue weighted by molar-refractivity contribution is 5.77. The predicted molar refractivity (Wildman–Crippen MR) is 59.5 cm³/mol. The summed E-state index contributed by atoms with van der Waals surface area (Å²) >= 11 is 0. The largest absolute Gasteiger partial charge is 0.390 e. The van der Waals surface area contributed by atoms with E-state index < -0.39 is 6.10 Å². The molecule has 1 amide bonds. The smallest absolute Gasteiger partial charge is 0.223 e. The second-order valence-corrected chi connectivity index (χ2v) is 5.54. The van der Waals surface area contributed by atoms with Gasteiger partial charge >= 0.3 is 0 Å². The zero-order valence-corrected chi connectivity index (χ0v) is 10.1. The fourth-order valence-electron chi connectivity index (χ4n) is 1.81. The molecule has 1 rings (SSSR count). The maximum absolute atomic E-state index is 11.9. The number of nitrogens with zero attached hydrogens (tertiary/aromatic N) is 1. The molecular weight excluding hydrogens is 192 g/mol. The van der Waals surface area contributed by atoms with Crippen LogP contribution in [-0.4, -0.2) is 48.2 Å². The number of aliphatic hydroxyl groups excluding tert-OH is 1. The molecule has 4 heteroatoms. The van der Waals surface area contributed by atoms with E-state index in [1.54, 1.807) is 11.9 Å². The average Bonchev–Trinajstić information content (AvgIpc) is 2.47. The molecule has 2 atom stereocenters. The van der Waals surface area contributed by atoms with Crippen molar-refractivity contribution in [2.45, 2.75) is 39.3 Å². The van der Waals surface area contributed by atoms with Crippen molar-refractivity contribution in [1.29, 1.82) is 0 Å². The Morgan fingerprint density at radius 2 is 2.07 bits per heavy atom. The molecule has 88 valence electrons. The Hall–Kier alpha value is -0.610. The summed E-state index contributed by atoms with van der Waals surface area (Å²) in [6.07, 6.45) is 0.0890. The van der Waals surface area contributed by atoms with Gasteiger partial charge in [-0.05, 0) is 5.41 Å². The lowest BCUT2D eigenvalue weighted by molar-refractivity contribution is -0.135. The van der Waals surface area contributed by atoms with Crippen molar-refractivity contribution in [2.75, 3.05) is 20.1 Å². The first-order chi connectivity index (χ1) is 6.81. The summed E-state index contributed by atoms with van der Waals surface area (Å²) in [5.41, 5.74) is 0.00231.